The Hall–Kier alpha value is 0.359. The molecule has 0 unspecified atom stereocenters. The summed E-state index contributed by atoms with van der Waals surface area (Å²) in [5.41, 5.74) is 0. The molecule has 79 valence electrons. The second kappa shape index (κ2) is 13.9. The molecule has 0 aliphatic heterocycles. The smallest absolute Gasteiger partial charge is 0.0701 e. The average molecular weight is 228 g/mol. The summed E-state index contributed by atoms with van der Waals surface area (Å²) < 4.78 is 14.8. The third kappa shape index (κ3) is 13.0. The number of hydrogen-bond acceptors (Lipinski definition) is 4. The zero-order valence-corrected chi connectivity index (χ0v) is 8.16. The Morgan fingerprint density at radius 1 is 0.917 bits per heavy atom. The molecule has 0 heterocycles. The summed E-state index contributed by atoms with van der Waals surface area (Å²) in [7, 11) is 1.63. The van der Waals surface area contributed by atoms with E-state index < -0.39 is 0 Å². The van der Waals surface area contributed by atoms with Crippen LogP contribution in [-0.2, 0) is 31.3 Å². The Labute approximate surface area is 83.7 Å². The second-order valence-electron chi connectivity index (χ2n) is 1.94. The molecule has 0 spiro atoms. The van der Waals surface area contributed by atoms with E-state index in [9.17, 15) is 0 Å². The molecule has 0 saturated heterocycles. The van der Waals surface area contributed by atoms with Gasteiger partial charge in [-0.3, -0.25) is 0 Å². The third-order valence-corrected chi connectivity index (χ3v) is 1.04. The summed E-state index contributed by atoms with van der Waals surface area (Å²) in [4.78, 5) is 0. The molecule has 0 aromatic carbocycles. The van der Waals surface area contributed by atoms with Crippen molar-refractivity contribution in [1.29, 1.82) is 0 Å². The van der Waals surface area contributed by atoms with Crippen molar-refractivity contribution in [3.05, 3.63) is 0 Å². The summed E-state index contributed by atoms with van der Waals surface area (Å²) in [6.45, 7) is 2.75. The van der Waals surface area contributed by atoms with Gasteiger partial charge in [-0.1, -0.05) is 0 Å². The molecular formula is C7H16CuO4. The van der Waals surface area contributed by atoms with Crippen molar-refractivity contribution in [1.82, 2.24) is 0 Å². The van der Waals surface area contributed by atoms with E-state index in [-0.39, 0.29) is 23.7 Å². The molecule has 0 bridgehead atoms. The van der Waals surface area contributed by atoms with E-state index in [1.807, 2.05) is 0 Å². The van der Waals surface area contributed by atoms with Gasteiger partial charge in [-0.15, -0.1) is 0 Å². The molecule has 0 aromatic heterocycles. The van der Waals surface area contributed by atoms with Gasteiger partial charge in [-0.2, -0.15) is 0 Å². The zero-order chi connectivity index (χ0) is 8.36. The van der Waals surface area contributed by atoms with Crippen molar-refractivity contribution < 1.29 is 36.4 Å². The van der Waals surface area contributed by atoms with Gasteiger partial charge in [-0.05, 0) is 0 Å². The molecular weight excluding hydrogens is 212 g/mol. The first-order valence-electron chi connectivity index (χ1n) is 3.67. The Bertz CT molecular complexity index is 64.4. The van der Waals surface area contributed by atoms with Gasteiger partial charge in [0.15, 0.2) is 0 Å². The van der Waals surface area contributed by atoms with Crippen molar-refractivity contribution in [2.24, 2.45) is 0 Å². The number of aliphatic hydroxyl groups is 1. The van der Waals surface area contributed by atoms with E-state index in [1.54, 1.807) is 7.11 Å². The van der Waals surface area contributed by atoms with Gasteiger partial charge in [0.25, 0.3) is 0 Å². The second-order valence-corrected chi connectivity index (χ2v) is 1.94. The molecule has 0 atom stereocenters. The van der Waals surface area contributed by atoms with Crippen LogP contribution >= 0.6 is 0 Å². The van der Waals surface area contributed by atoms with E-state index >= 15 is 0 Å². The third-order valence-electron chi connectivity index (χ3n) is 1.04. The number of hydrogen-bond donors (Lipinski definition) is 1. The van der Waals surface area contributed by atoms with Crippen LogP contribution in [0.1, 0.15) is 0 Å². The molecule has 0 aromatic rings. The molecule has 0 aliphatic carbocycles. The molecule has 0 saturated carbocycles. The van der Waals surface area contributed by atoms with Crippen LogP contribution < -0.4 is 0 Å². The minimum Gasteiger partial charge on any atom is -0.394 e. The molecule has 5 heteroatoms. The molecule has 0 rings (SSSR count). The zero-order valence-electron chi connectivity index (χ0n) is 7.22. The molecule has 1 radical (unpaired) electrons. The van der Waals surface area contributed by atoms with E-state index in [0.29, 0.717) is 33.0 Å². The van der Waals surface area contributed by atoms with Crippen LogP contribution in [0.5, 0.6) is 0 Å². The molecule has 0 fully saturated rings. The predicted molar refractivity (Wildman–Crippen MR) is 40.6 cm³/mol. The SMILES string of the molecule is COCCOCCOCCO.[Cu]. The number of methoxy groups -OCH3 is 1. The first kappa shape index (κ1) is 14.9. The van der Waals surface area contributed by atoms with Crippen molar-refractivity contribution in [2.75, 3.05) is 46.8 Å². The average Bonchev–Trinajstić information content (AvgIpc) is 2.03. The standard InChI is InChI=1S/C7H16O4.Cu/c1-9-4-5-11-7-6-10-3-2-8;/h8H,2-7H2,1H3;. The van der Waals surface area contributed by atoms with Crippen LogP contribution in [0.15, 0.2) is 0 Å². The number of ether oxygens (including phenoxy) is 3. The Morgan fingerprint density at radius 2 is 1.42 bits per heavy atom. The maximum Gasteiger partial charge on any atom is 0.0701 e. The van der Waals surface area contributed by atoms with E-state index in [1.165, 1.54) is 0 Å². The summed E-state index contributed by atoms with van der Waals surface area (Å²) in [5, 5.41) is 8.32. The van der Waals surface area contributed by atoms with Crippen LogP contribution in [0, 0.1) is 0 Å². The molecule has 12 heavy (non-hydrogen) atoms. The van der Waals surface area contributed by atoms with Gasteiger partial charge in [0.2, 0.25) is 0 Å². The van der Waals surface area contributed by atoms with Crippen LogP contribution in [0.3, 0.4) is 0 Å². The van der Waals surface area contributed by atoms with Crippen molar-refractivity contribution >= 4 is 0 Å². The van der Waals surface area contributed by atoms with Gasteiger partial charge in [0.1, 0.15) is 0 Å². The molecule has 0 amide bonds. The molecule has 4 nitrogen and oxygen atoms in total. The fourth-order valence-corrected chi connectivity index (χ4v) is 0.529. The number of rotatable bonds is 8. The summed E-state index contributed by atoms with van der Waals surface area (Å²) in [6, 6.07) is 0. The maximum absolute atomic E-state index is 8.32. The van der Waals surface area contributed by atoms with E-state index in [4.69, 9.17) is 19.3 Å². The Morgan fingerprint density at radius 3 is 1.92 bits per heavy atom. The first-order chi connectivity index (χ1) is 5.41. The fourth-order valence-electron chi connectivity index (χ4n) is 0.529. The monoisotopic (exact) mass is 227 g/mol. The Balaban J connectivity index is 0. The quantitative estimate of drug-likeness (QED) is 0.455. The van der Waals surface area contributed by atoms with E-state index in [2.05, 4.69) is 0 Å². The van der Waals surface area contributed by atoms with Crippen LogP contribution in [0.4, 0.5) is 0 Å². The molecule has 0 aliphatic rings. The van der Waals surface area contributed by atoms with E-state index in [0.717, 1.165) is 0 Å². The summed E-state index contributed by atoms with van der Waals surface area (Å²) in [6.07, 6.45) is 0. The van der Waals surface area contributed by atoms with Gasteiger partial charge < -0.3 is 19.3 Å². The Kier molecular flexibility index (Phi) is 17.2. The minimum absolute atomic E-state index is 0. The van der Waals surface area contributed by atoms with Crippen molar-refractivity contribution in [2.45, 2.75) is 0 Å². The number of aliphatic hydroxyl groups excluding tert-OH is 1. The predicted octanol–water partition coefficient (Wildman–Crippen LogP) is -0.344. The topological polar surface area (TPSA) is 47.9 Å². The maximum atomic E-state index is 8.32. The minimum atomic E-state index is 0. The van der Waals surface area contributed by atoms with Gasteiger partial charge in [0, 0.05) is 24.2 Å². The fraction of sp³-hybridized carbons (Fsp3) is 1.00. The summed E-state index contributed by atoms with van der Waals surface area (Å²) >= 11 is 0. The van der Waals surface area contributed by atoms with Crippen molar-refractivity contribution in [3.63, 3.8) is 0 Å². The summed E-state index contributed by atoms with van der Waals surface area (Å²) in [5.74, 6) is 0. The van der Waals surface area contributed by atoms with Crippen molar-refractivity contribution in [3.8, 4) is 0 Å². The van der Waals surface area contributed by atoms with Crippen LogP contribution in [-0.4, -0.2) is 51.9 Å². The van der Waals surface area contributed by atoms with Crippen LogP contribution in [0.2, 0.25) is 0 Å². The largest absolute Gasteiger partial charge is 0.394 e. The first-order valence-corrected chi connectivity index (χ1v) is 3.67. The van der Waals surface area contributed by atoms with Gasteiger partial charge in [0.05, 0.1) is 39.6 Å². The molecule has 1 N–H and O–H groups in total. The normalized spacial score (nSPS) is 9.50. The van der Waals surface area contributed by atoms with Gasteiger partial charge >= 0.3 is 0 Å². The van der Waals surface area contributed by atoms with Gasteiger partial charge in [-0.25, -0.2) is 0 Å². The van der Waals surface area contributed by atoms with Crippen LogP contribution in [0.25, 0.3) is 0 Å².